The van der Waals surface area contributed by atoms with Crippen molar-refractivity contribution in [1.29, 1.82) is 0 Å². The molecule has 0 aromatic heterocycles. The number of β-lactam (4-membered cyclic amide) rings is 1. The Labute approximate surface area is 265 Å². The van der Waals surface area contributed by atoms with Crippen molar-refractivity contribution in [2.45, 2.75) is 57.8 Å². The van der Waals surface area contributed by atoms with Crippen molar-refractivity contribution in [3.63, 3.8) is 0 Å². The standard InChI is InChI=1S/C34H45N5O6/c1-3-34(4-2)31(43)39(32(34)45-24-28(41)37-20-18-36(19-21-37)22-23-40)33(44)35-27-16-11-17-38(27)30(42)29(25-12-7-5-8-13-25)26-14-9-6-10-15-26/h5-10,12-15,27,29,32,40H,3-4,11,16-24H2,1-2H3,(H,35,44)/t27-,32?/m0/s1. The smallest absolute Gasteiger partial charge is 0.327 e. The Hall–Kier alpha value is -3.80. The van der Waals surface area contributed by atoms with Gasteiger partial charge in [0.15, 0.2) is 6.23 Å². The van der Waals surface area contributed by atoms with E-state index in [2.05, 4.69) is 10.2 Å². The number of nitrogens with one attached hydrogen (secondary N) is 1. The molecule has 2 atom stereocenters. The molecule has 45 heavy (non-hydrogen) atoms. The van der Waals surface area contributed by atoms with Gasteiger partial charge in [-0.25, -0.2) is 9.69 Å². The Bertz CT molecular complexity index is 1290. The van der Waals surface area contributed by atoms with E-state index in [-0.39, 0.29) is 30.9 Å². The lowest BCUT2D eigenvalue weighted by Crippen LogP contribution is -2.73. The predicted molar refractivity (Wildman–Crippen MR) is 168 cm³/mol. The number of aliphatic hydroxyl groups excluding tert-OH is 1. The van der Waals surface area contributed by atoms with Crippen LogP contribution < -0.4 is 5.32 Å². The number of rotatable bonds is 11. The van der Waals surface area contributed by atoms with Crippen molar-refractivity contribution in [3.05, 3.63) is 71.8 Å². The summed E-state index contributed by atoms with van der Waals surface area (Å²) in [6.45, 7) is 7.07. The molecule has 0 spiro atoms. The molecule has 3 heterocycles. The second-order valence-electron chi connectivity index (χ2n) is 12.0. The number of aliphatic hydroxyl groups is 1. The van der Waals surface area contributed by atoms with E-state index in [1.54, 1.807) is 9.80 Å². The molecule has 5 rings (SSSR count). The van der Waals surface area contributed by atoms with E-state index in [4.69, 9.17) is 4.74 Å². The number of urea groups is 1. The van der Waals surface area contributed by atoms with Crippen LogP contribution in [0, 0.1) is 5.41 Å². The van der Waals surface area contributed by atoms with Gasteiger partial charge < -0.3 is 25.0 Å². The zero-order chi connectivity index (χ0) is 32.0. The maximum Gasteiger partial charge on any atom is 0.327 e. The molecule has 5 amide bonds. The van der Waals surface area contributed by atoms with Gasteiger partial charge in [-0.1, -0.05) is 74.5 Å². The Balaban J connectivity index is 1.27. The lowest BCUT2D eigenvalue weighted by molar-refractivity contribution is -0.212. The molecule has 0 radical (unpaired) electrons. The highest BCUT2D eigenvalue weighted by Gasteiger charge is 2.62. The quantitative estimate of drug-likeness (QED) is 0.371. The number of amides is 5. The lowest BCUT2D eigenvalue weighted by atomic mass is 9.72. The van der Waals surface area contributed by atoms with Crippen LogP contribution in [0.5, 0.6) is 0 Å². The first-order valence-electron chi connectivity index (χ1n) is 16.1. The van der Waals surface area contributed by atoms with Crippen molar-refractivity contribution >= 4 is 23.8 Å². The predicted octanol–water partition coefficient (Wildman–Crippen LogP) is 2.60. The molecule has 3 aliphatic heterocycles. The Morgan fingerprint density at radius 1 is 0.933 bits per heavy atom. The second-order valence-corrected chi connectivity index (χ2v) is 12.0. The number of carbonyl (C=O) groups is 4. The van der Waals surface area contributed by atoms with Crippen LogP contribution in [0.15, 0.2) is 60.7 Å². The number of ether oxygens (including phenoxy) is 1. The van der Waals surface area contributed by atoms with E-state index in [1.165, 1.54) is 0 Å². The van der Waals surface area contributed by atoms with Gasteiger partial charge in [0, 0.05) is 39.3 Å². The highest BCUT2D eigenvalue weighted by atomic mass is 16.5. The minimum absolute atomic E-state index is 0.0776. The molecule has 3 aliphatic rings. The molecule has 0 saturated carbocycles. The van der Waals surface area contributed by atoms with E-state index >= 15 is 0 Å². The molecule has 0 bridgehead atoms. The zero-order valence-electron chi connectivity index (χ0n) is 26.3. The summed E-state index contributed by atoms with van der Waals surface area (Å²) in [6, 6.07) is 18.6. The van der Waals surface area contributed by atoms with Gasteiger partial charge in [-0.2, -0.15) is 0 Å². The van der Waals surface area contributed by atoms with Gasteiger partial charge in [0.05, 0.1) is 17.9 Å². The number of β-amino-alcohol motifs (C(OH)–C–C–N with tert-alkyl or cyclic N) is 1. The van der Waals surface area contributed by atoms with Crippen molar-refractivity contribution in [2.24, 2.45) is 5.41 Å². The summed E-state index contributed by atoms with van der Waals surface area (Å²) in [5.41, 5.74) is 0.841. The lowest BCUT2D eigenvalue weighted by Gasteiger charge is -2.53. The number of likely N-dealkylation sites (tertiary alicyclic amines) is 2. The number of carbonyl (C=O) groups excluding carboxylic acids is 4. The van der Waals surface area contributed by atoms with E-state index in [1.807, 2.05) is 74.5 Å². The van der Waals surface area contributed by atoms with Gasteiger partial charge >= 0.3 is 6.03 Å². The summed E-state index contributed by atoms with van der Waals surface area (Å²) in [7, 11) is 0. The zero-order valence-corrected chi connectivity index (χ0v) is 26.3. The maximum atomic E-state index is 14.1. The monoisotopic (exact) mass is 619 g/mol. The number of piperazine rings is 1. The van der Waals surface area contributed by atoms with Gasteiger partial charge in [0.1, 0.15) is 12.8 Å². The van der Waals surface area contributed by atoms with Crippen LogP contribution in [0.4, 0.5) is 4.79 Å². The van der Waals surface area contributed by atoms with E-state index in [0.29, 0.717) is 58.5 Å². The molecular formula is C34H45N5O6. The van der Waals surface area contributed by atoms with Gasteiger partial charge in [-0.3, -0.25) is 19.3 Å². The Morgan fingerprint density at radius 3 is 2.09 bits per heavy atom. The van der Waals surface area contributed by atoms with Crippen LogP contribution in [0.3, 0.4) is 0 Å². The Morgan fingerprint density at radius 2 is 1.53 bits per heavy atom. The topological polar surface area (TPSA) is 123 Å². The molecule has 1 unspecified atom stereocenters. The van der Waals surface area contributed by atoms with Gasteiger partial charge in [0.25, 0.3) is 0 Å². The number of hydrogen-bond donors (Lipinski definition) is 2. The average Bonchev–Trinajstić information content (AvgIpc) is 3.53. The van der Waals surface area contributed by atoms with Crippen molar-refractivity contribution in [2.75, 3.05) is 52.5 Å². The van der Waals surface area contributed by atoms with Crippen LogP contribution in [0.2, 0.25) is 0 Å². The molecular weight excluding hydrogens is 574 g/mol. The van der Waals surface area contributed by atoms with Gasteiger partial charge in [-0.15, -0.1) is 0 Å². The molecule has 3 saturated heterocycles. The number of imide groups is 1. The van der Waals surface area contributed by atoms with E-state index < -0.39 is 29.8 Å². The van der Waals surface area contributed by atoms with E-state index in [9.17, 15) is 24.3 Å². The number of nitrogens with zero attached hydrogens (tertiary/aromatic N) is 4. The van der Waals surface area contributed by atoms with Crippen LogP contribution >= 0.6 is 0 Å². The van der Waals surface area contributed by atoms with Gasteiger partial charge in [0.2, 0.25) is 17.7 Å². The molecule has 2 aromatic rings. The number of hydrogen-bond acceptors (Lipinski definition) is 7. The second kappa shape index (κ2) is 14.5. The molecule has 11 nitrogen and oxygen atoms in total. The SMILES string of the molecule is CCC1(CC)C(=O)N(C(=O)N[C@@H]2CCCN2C(=O)C(c2ccccc2)c2ccccc2)C1OCC(=O)N1CCN(CCO)CC1. The molecule has 3 fully saturated rings. The largest absolute Gasteiger partial charge is 0.395 e. The fourth-order valence-corrected chi connectivity index (χ4v) is 6.90. The average molecular weight is 620 g/mol. The molecule has 242 valence electrons. The third-order valence-corrected chi connectivity index (χ3v) is 9.68. The van der Waals surface area contributed by atoms with Crippen molar-refractivity contribution < 1.29 is 29.0 Å². The van der Waals surface area contributed by atoms with Crippen molar-refractivity contribution in [3.8, 4) is 0 Å². The fraction of sp³-hybridized carbons (Fsp3) is 0.529. The van der Waals surface area contributed by atoms with Gasteiger partial charge in [-0.05, 0) is 36.8 Å². The van der Waals surface area contributed by atoms with Crippen molar-refractivity contribution in [1.82, 2.24) is 24.9 Å². The highest BCUT2D eigenvalue weighted by Crippen LogP contribution is 2.46. The normalized spacial score (nSPS) is 21.6. The molecule has 0 aliphatic carbocycles. The Kier molecular flexibility index (Phi) is 10.5. The number of benzene rings is 2. The fourth-order valence-electron chi connectivity index (χ4n) is 6.90. The van der Waals surface area contributed by atoms with Crippen LogP contribution in [0.1, 0.15) is 56.6 Å². The summed E-state index contributed by atoms with van der Waals surface area (Å²) in [6.07, 6.45) is 0.752. The summed E-state index contributed by atoms with van der Waals surface area (Å²) < 4.78 is 6.08. The summed E-state index contributed by atoms with van der Waals surface area (Å²) in [5.74, 6) is -1.17. The first kappa shape index (κ1) is 32.6. The summed E-state index contributed by atoms with van der Waals surface area (Å²) in [5, 5.41) is 12.1. The maximum absolute atomic E-state index is 14.1. The minimum atomic E-state index is -0.895. The van der Waals surface area contributed by atoms with Crippen LogP contribution in [-0.4, -0.2) is 113 Å². The van der Waals surface area contributed by atoms with Crippen LogP contribution in [-0.2, 0) is 19.1 Å². The minimum Gasteiger partial charge on any atom is -0.395 e. The van der Waals surface area contributed by atoms with E-state index in [0.717, 1.165) is 22.4 Å². The summed E-state index contributed by atoms with van der Waals surface area (Å²) >= 11 is 0. The third-order valence-electron chi connectivity index (χ3n) is 9.68. The first-order chi connectivity index (χ1) is 21.8. The third kappa shape index (κ3) is 6.61. The molecule has 2 N–H and O–H groups in total. The van der Waals surface area contributed by atoms with Crippen LogP contribution in [0.25, 0.3) is 0 Å². The summed E-state index contributed by atoms with van der Waals surface area (Å²) in [4.78, 5) is 60.9. The molecule has 11 heteroatoms. The molecule has 2 aromatic carbocycles. The first-order valence-corrected chi connectivity index (χ1v) is 16.1. The highest BCUT2D eigenvalue weighted by molar-refractivity contribution is 6.03.